The average Bonchev–Trinajstić information content (AvgIpc) is 2.90. The number of aryl methyl sites for hydroxylation is 1. The SMILES string of the molecule is Cc1ccc(S(=O)(=O)C[C@@H]2[C@@H](c3ccc(Cl)c(Cl)c3)C[C@@H]3CC[C@H]2N3C)cc1. The molecule has 0 unspecified atom stereocenters. The van der Waals surface area contributed by atoms with Gasteiger partial charge in [-0.05, 0) is 74.9 Å². The van der Waals surface area contributed by atoms with Gasteiger partial charge in [-0.1, -0.05) is 47.0 Å². The van der Waals surface area contributed by atoms with Crippen molar-refractivity contribution in [3.63, 3.8) is 0 Å². The van der Waals surface area contributed by atoms with Crippen molar-refractivity contribution in [2.24, 2.45) is 5.92 Å². The molecule has 0 amide bonds. The quantitative estimate of drug-likeness (QED) is 0.647. The van der Waals surface area contributed by atoms with Crippen LogP contribution in [0, 0.1) is 12.8 Å². The van der Waals surface area contributed by atoms with Crippen LogP contribution in [0.3, 0.4) is 0 Å². The summed E-state index contributed by atoms with van der Waals surface area (Å²) in [4.78, 5) is 2.80. The summed E-state index contributed by atoms with van der Waals surface area (Å²) >= 11 is 12.4. The monoisotopic (exact) mass is 437 g/mol. The molecule has 2 aromatic carbocycles. The molecule has 2 heterocycles. The summed E-state index contributed by atoms with van der Waals surface area (Å²) in [7, 11) is -1.23. The van der Waals surface area contributed by atoms with Crippen molar-refractivity contribution in [2.45, 2.75) is 49.1 Å². The molecular formula is C22H25Cl2NO2S. The van der Waals surface area contributed by atoms with Crippen LogP contribution in [0.4, 0.5) is 0 Å². The predicted molar refractivity (Wildman–Crippen MR) is 115 cm³/mol. The molecule has 0 radical (unpaired) electrons. The third kappa shape index (κ3) is 3.72. The first-order valence-electron chi connectivity index (χ1n) is 9.72. The van der Waals surface area contributed by atoms with E-state index in [-0.39, 0.29) is 23.6 Å². The van der Waals surface area contributed by atoms with E-state index in [0.717, 1.165) is 30.4 Å². The highest BCUT2D eigenvalue weighted by atomic mass is 35.5. The minimum atomic E-state index is -3.37. The summed E-state index contributed by atoms with van der Waals surface area (Å²) in [6, 6.07) is 13.7. The van der Waals surface area contributed by atoms with Crippen LogP contribution in [-0.2, 0) is 9.84 Å². The average molecular weight is 438 g/mol. The van der Waals surface area contributed by atoms with Crippen LogP contribution in [-0.4, -0.2) is 38.2 Å². The van der Waals surface area contributed by atoms with Gasteiger partial charge in [0.2, 0.25) is 0 Å². The van der Waals surface area contributed by atoms with Crippen molar-refractivity contribution in [1.29, 1.82) is 0 Å². The van der Waals surface area contributed by atoms with Crippen LogP contribution in [0.5, 0.6) is 0 Å². The van der Waals surface area contributed by atoms with Crippen LogP contribution in [0.15, 0.2) is 47.4 Å². The van der Waals surface area contributed by atoms with Gasteiger partial charge >= 0.3 is 0 Å². The number of fused-ring (bicyclic) bond motifs is 2. The van der Waals surface area contributed by atoms with Gasteiger partial charge < -0.3 is 4.90 Å². The summed E-state index contributed by atoms with van der Waals surface area (Å²) in [5.74, 6) is 0.360. The maximum absolute atomic E-state index is 13.2. The molecule has 0 aromatic heterocycles. The molecule has 4 rings (SSSR count). The molecule has 6 heteroatoms. The Kier molecular flexibility index (Phi) is 5.51. The van der Waals surface area contributed by atoms with Gasteiger partial charge in [0.1, 0.15) is 0 Å². The summed E-state index contributed by atoms with van der Waals surface area (Å²) < 4.78 is 26.5. The van der Waals surface area contributed by atoms with Crippen LogP contribution >= 0.6 is 23.2 Å². The molecule has 2 aliphatic heterocycles. The highest BCUT2D eigenvalue weighted by Crippen LogP contribution is 2.47. The van der Waals surface area contributed by atoms with Crippen LogP contribution in [0.2, 0.25) is 10.0 Å². The minimum Gasteiger partial charge on any atom is -0.300 e. The van der Waals surface area contributed by atoms with Gasteiger partial charge in [-0.2, -0.15) is 0 Å². The first kappa shape index (κ1) is 20.2. The van der Waals surface area contributed by atoms with Gasteiger partial charge in [0, 0.05) is 12.1 Å². The van der Waals surface area contributed by atoms with E-state index in [0.29, 0.717) is 21.0 Å². The minimum absolute atomic E-state index is 0.0345. The van der Waals surface area contributed by atoms with Crippen molar-refractivity contribution in [3.8, 4) is 0 Å². The molecule has 2 aliphatic rings. The second kappa shape index (κ2) is 7.64. The third-order valence-corrected chi connectivity index (χ3v) is 9.15. The second-order valence-electron chi connectivity index (χ2n) is 8.24. The van der Waals surface area contributed by atoms with E-state index in [1.54, 1.807) is 12.1 Å². The lowest BCUT2D eigenvalue weighted by atomic mass is 9.77. The second-order valence-corrected chi connectivity index (χ2v) is 11.1. The lowest BCUT2D eigenvalue weighted by Gasteiger charge is -2.43. The van der Waals surface area contributed by atoms with E-state index >= 15 is 0 Å². The Balaban J connectivity index is 1.69. The van der Waals surface area contributed by atoms with E-state index in [1.165, 1.54) is 0 Å². The van der Waals surface area contributed by atoms with Crippen molar-refractivity contribution in [3.05, 3.63) is 63.6 Å². The lowest BCUT2D eigenvalue weighted by molar-refractivity contribution is 0.111. The van der Waals surface area contributed by atoms with Crippen molar-refractivity contribution in [2.75, 3.05) is 12.8 Å². The maximum Gasteiger partial charge on any atom is 0.178 e. The van der Waals surface area contributed by atoms with Crippen molar-refractivity contribution >= 4 is 33.0 Å². The largest absolute Gasteiger partial charge is 0.300 e. The normalized spacial score (nSPS) is 27.9. The van der Waals surface area contributed by atoms with Crippen LogP contribution in [0.25, 0.3) is 0 Å². The Morgan fingerprint density at radius 3 is 2.43 bits per heavy atom. The standard InChI is InChI=1S/C22H25Cl2NO2S/c1-14-3-7-17(8-4-14)28(26,27)13-19-18(12-16-6-10-22(19)25(16)2)15-5-9-20(23)21(24)11-15/h3-5,7-9,11,16,18-19,22H,6,10,12-13H2,1-2H3/t16-,18+,19+,22+/m0/s1. The Bertz CT molecular complexity index is 975. The molecule has 0 spiro atoms. The molecule has 2 aromatic rings. The molecule has 2 bridgehead atoms. The molecule has 4 atom stereocenters. The van der Waals surface area contributed by atoms with Gasteiger partial charge in [-0.15, -0.1) is 0 Å². The molecule has 0 saturated carbocycles. The number of benzene rings is 2. The van der Waals surface area contributed by atoms with Crippen molar-refractivity contribution in [1.82, 2.24) is 4.90 Å². The number of sulfone groups is 1. The Morgan fingerprint density at radius 1 is 1.04 bits per heavy atom. The first-order chi connectivity index (χ1) is 13.3. The maximum atomic E-state index is 13.2. The van der Waals surface area contributed by atoms with Crippen molar-refractivity contribution < 1.29 is 8.42 Å². The van der Waals surface area contributed by atoms with E-state index in [1.807, 2.05) is 37.3 Å². The first-order valence-corrected chi connectivity index (χ1v) is 12.1. The number of halogens is 2. The molecule has 28 heavy (non-hydrogen) atoms. The molecule has 2 fully saturated rings. The highest BCUT2D eigenvalue weighted by Gasteiger charge is 2.47. The van der Waals surface area contributed by atoms with E-state index < -0.39 is 9.84 Å². The zero-order valence-electron chi connectivity index (χ0n) is 16.1. The number of piperidine rings is 1. The van der Waals surface area contributed by atoms with Gasteiger partial charge in [0.25, 0.3) is 0 Å². The molecule has 0 aliphatic carbocycles. The molecule has 150 valence electrons. The Hall–Kier alpha value is -1.07. The van der Waals surface area contributed by atoms with Gasteiger partial charge in [0.05, 0.1) is 20.7 Å². The zero-order valence-corrected chi connectivity index (χ0v) is 18.4. The number of hydrogen-bond donors (Lipinski definition) is 0. The van der Waals surface area contributed by atoms with E-state index in [2.05, 4.69) is 11.9 Å². The zero-order chi connectivity index (χ0) is 20.1. The summed E-state index contributed by atoms with van der Waals surface area (Å²) in [5.41, 5.74) is 2.16. The van der Waals surface area contributed by atoms with Gasteiger partial charge in [-0.25, -0.2) is 8.42 Å². The number of nitrogens with zero attached hydrogens (tertiary/aromatic N) is 1. The number of rotatable bonds is 4. The van der Waals surface area contributed by atoms with E-state index in [9.17, 15) is 8.42 Å². The molecular weight excluding hydrogens is 413 g/mol. The highest BCUT2D eigenvalue weighted by molar-refractivity contribution is 7.91. The van der Waals surface area contributed by atoms with Crippen LogP contribution < -0.4 is 0 Å². The summed E-state index contributed by atoms with van der Waals surface area (Å²) in [6.07, 6.45) is 3.13. The van der Waals surface area contributed by atoms with Gasteiger partial charge in [0.15, 0.2) is 9.84 Å². The third-order valence-electron chi connectivity index (χ3n) is 6.60. The summed E-state index contributed by atoms with van der Waals surface area (Å²) in [6.45, 7) is 1.96. The van der Waals surface area contributed by atoms with Gasteiger partial charge in [-0.3, -0.25) is 0 Å². The van der Waals surface area contributed by atoms with E-state index in [4.69, 9.17) is 23.2 Å². The molecule has 0 N–H and O–H groups in total. The predicted octanol–water partition coefficient (Wildman–Crippen LogP) is 5.34. The Morgan fingerprint density at radius 2 is 1.75 bits per heavy atom. The Labute approximate surface area is 177 Å². The van der Waals surface area contributed by atoms with Crippen LogP contribution in [0.1, 0.15) is 36.3 Å². The fraction of sp³-hybridized carbons (Fsp3) is 0.455. The number of hydrogen-bond acceptors (Lipinski definition) is 3. The smallest absolute Gasteiger partial charge is 0.178 e. The summed E-state index contributed by atoms with van der Waals surface area (Å²) in [5, 5.41) is 1.07. The fourth-order valence-corrected chi connectivity index (χ4v) is 7.04. The molecule has 3 nitrogen and oxygen atoms in total. The fourth-order valence-electron chi connectivity index (χ4n) is 5.03. The molecule has 2 saturated heterocycles. The topological polar surface area (TPSA) is 37.4 Å². The lowest BCUT2D eigenvalue weighted by Crippen LogP contribution is -2.48.